The summed E-state index contributed by atoms with van der Waals surface area (Å²) in [6.45, 7) is 0. The minimum absolute atomic E-state index is 0.0170. The molecular formula is C11H7ClF2N4. The molecule has 2 aromatic rings. The number of anilines is 1. The number of nitrogens with one attached hydrogen (secondary N) is 1. The summed E-state index contributed by atoms with van der Waals surface area (Å²) in [5, 5.41) is 7.68. The van der Waals surface area contributed by atoms with Crippen molar-refractivity contribution in [3.63, 3.8) is 0 Å². The smallest absolute Gasteiger partial charge is 0.224 e. The normalized spacial score (nSPS) is 10.4. The molecule has 2 rings (SSSR count). The molecule has 1 aromatic carbocycles. The van der Waals surface area contributed by atoms with Crippen molar-refractivity contribution < 1.29 is 8.78 Å². The van der Waals surface area contributed by atoms with Gasteiger partial charge in [0.15, 0.2) is 0 Å². The molecule has 0 aliphatic carbocycles. The number of hydrogen-bond donors (Lipinski definition) is 2. The van der Waals surface area contributed by atoms with E-state index in [9.17, 15) is 8.78 Å². The SMILES string of the molecule is N=C(c1cnc(Cl)nc1N)c1c(F)cccc1F. The van der Waals surface area contributed by atoms with Crippen molar-refractivity contribution in [2.75, 3.05) is 5.73 Å². The molecule has 0 aliphatic heterocycles. The van der Waals surface area contributed by atoms with Crippen molar-refractivity contribution in [2.45, 2.75) is 0 Å². The van der Waals surface area contributed by atoms with Crippen LogP contribution < -0.4 is 5.73 Å². The van der Waals surface area contributed by atoms with E-state index in [1.165, 1.54) is 6.07 Å². The fraction of sp³-hybridized carbons (Fsp3) is 0. The maximum absolute atomic E-state index is 13.5. The summed E-state index contributed by atoms with van der Waals surface area (Å²) in [7, 11) is 0. The van der Waals surface area contributed by atoms with Gasteiger partial charge in [0.05, 0.1) is 16.8 Å². The Morgan fingerprint density at radius 1 is 1.28 bits per heavy atom. The van der Waals surface area contributed by atoms with Gasteiger partial charge in [-0.05, 0) is 23.7 Å². The molecule has 18 heavy (non-hydrogen) atoms. The summed E-state index contributed by atoms with van der Waals surface area (Å²) in [6, 6.07) is 3.32. The van der Waals surface area contributed by atoms with Gasteiger partial charge < -0.3 is 5.73 Å². The van der Waals surface area contributed by atoms with E-state index in [-0.39, 0.29) is 16.7 Å². The van der Waals surface area contributed by atoms with Crippen LogP contribution >= 0.6 is 11.6 Å². The summed E-state index contributed by atoms with van der Waals surface area (Å²) in [6.07, 6.45) is 1.15. The highest BCUT2D eigenvalue weighted by Gasteiger charge is 2.18. The topological polar surface area (TPSA) is 75.7 Å². The van der Waals surface area contributed by atoms with Gasteiger partial charge in [0, 0.05) is 6.20 Å². The minimum atomic E-state index is -0.852. The van der Waals surface area contributed by atoms with E-state index in [2.05, 4.69) is 9.97 Å². The number of hydrogen-bond acceptors (Lipinski definition) is 4. The first-order valence-electron chi connectivity index (χ1n) is 4.82. The van der Waals surface area contributed by atoms with Crippen molar-refractivity contribution in [3.8, 4) is 0 Å². The van der Waals surface area contributed by atoms with E-state index < -0.39 is 22.9 Å². The lowest BCUT2D eigenvalue weighted by molar-refractivity contribution is 0.579. The van der Waals surface area contributed by atoms with Crippen LogP contribution in [0.1, 0.15) is 11.1 Å². The van der Waals surface area contributed by atoms with E-state index in [1.54, 1.807) is 0 Å². The molecule has 0 spiro atoms. The number of nitrogens with two attached hydrogens (primary N) is 1. The van der Waals surface area contributed by atoms with E-state index in [1.807, 2.05) is 0 Å². The largest absolute Gasteiger partial charge is 0.383 e. The quantitative estimate of drug-likeness (QED) is 0.649. The lowest BCUT2D eigenvalue weighted by atomic mass is 10.0. The standard InChI is InChI=1S/C11H7ClF2N4/c12-11-17-4-5(10(16)18-11)9(15)8-6(13)2-1-3-7(8)14/h1-4,15H,(H2,16,17,18). The second-order valence-corrected chi connectivity index (χ2v) is 3.75. The first-order valence-corrected chi connectivity index (χ1v) is 5.20. The van der Waals surface area contributed by atoms with Gasteiger partial charge in [0.25, 0.3) is 0 Å². The second kappa shape index (κ2) is 4.66. The molecule has 0 atom stereocenters. The third kappa shape index (κ3) is 2.14. The molecule has 0 radical (unpaired) electrons. The average molecular weight is 269 g/mol. The molecule has 0 aliphatic rings. The highest BCUT2D eigenvalue weighted by atomic mass is 35.5. The van der Waals surface area contributed by atoms with Crippen LogP contribution in [0.3, 0.4) is 0 Å². The monoisotopic (exact) mass is 268 g/mol. The predicted molar refractivity (Wildman–Crippen MR) is 63.7 cm³/mol. The molecule has 3 N–H and O–H groups in total. The number of rotatable bonds is 2. The van der Waals surface area contributed by atoms with Crippen LogP contribution in [0.4, 0.5) is 14.6 Å². The fourth-order valence-electron chi connectivity index (χ4n) is 1.44. The molecule has 92 valence electrons. The van der Waals surface area contributed by atoms with Gasteiger partial charge in [0.2, 0.25) is 5.28 Å². The summed E-state index contributed by atoms with van der Waals surface area (Å²) in [5.74, 6) is -1.81. The minimum Gasteiger partial charge on any atom is -0.383 e. The molecule has 0 bridgehead atoms. The Kier molecular flexibility index (Phi) is 3.20. The maximum Gasteiger partial charge on any atom is 0.224 e. The summed E-state index contributed by atoms with van der Waals surface area (Å²) >= 11 is 5.51. The summed E-state index contributed by atoms with van der Waals surface area (Å²) in [4.78, 5) is 7.26. The van der Waals surface area contributed by atoms with Gasteiger partial charge in [-0.3, -0.25) is 5.41 Å². The Balaban J connectivity index is 2.55. The van der Waals surface area contributed by atoms with E-state index in [0.29, 0.717) is 0 Å². The second-order valence-electron chi connectivity index (χ2n) is 3.41. The third-order valence-corrected chi connectivity index (χ3v) is 2.45. The van der Waals surface area contributed by atoms with Gasteiger partial charge in [-0.15, -0.1) is 0 Å². The highest BCUT2D eigenvalue weighted by molar-refractivity contribution is 6.28. The molecule has 0 fully saturated rings. The van der Waals surface area contributed by atoms with E-state index in [0.717, 1.165) is 18.3 Å². The number of nitrogens with zero attached hydrogens (tertiary/aromatic N) is 2. The van der Waals surface area contributed by atoms with Crippen LogP contribution in [0.5, 0.6) is 0 Å². The van der Waals surface area contributed by atoms with Crippen LogP contribution in [0, 0.1) is 17.0 Å². The van der Waals surface area contributed by atoms with Crippen molar-refractivity contribution in [3.05, 3.63) is 52.4 Å². The third-order valence-electron chi connectivity index (χ3n) is 2.27. The van der Waals surface area contributed by atoms with Gasteiger partial charge in [0.1, 0.15) is 17.5 Å². The van der Waals surface area contributed by atoms with Crippen LogP contribution in [0.2, 0.25) is 5.28 Å². The molecule has 0 unspecified atom stereocenters. The lowest BCUT2D eigenvalue weighted by Crippen LogP contribution is -2.11. The summed E-state index contributed by atoms with van der Waals surface area (Å²) < 4.78 is 27.0. The van der Waals surface area contributed by atoms with Crippen molar-refractivity contribution in [1.29, 1.82) is 5.41 Å². The predicted octanol–water partition coefficient (Wildman–Crippen LogP) is 2.41. The summed E-state index contributed by atoms with van der Waals surface area (Å²) in [5.41, 5.74) is 4.65. The zero-order valence-corrected chi connectivity index (χ0v) is 9.67. The molecule has 0 saturated carbocycles. The van der Waals surface area contributed by atoms with Crippen LogP contribution in [0.25, 0.3) is 0 Å². The number of nitrogen functional groups attached to an aromatic ring is 1. The number of halogens is 3. The molecule has 0 saturated heterocycles. The Hall–Kier alpha value is -2.08. The molecule has 0 amide bonds. The lowest BCUT2D eigenvalue weighted by Gasteiger charge is -2.08. The van der Waals surface area contributed by atoms with E-state index in [4.69, 9.17) is 22.7 Å². The molecule has 1 aromatic heterocycles. The average Bonchev–Trinajstić information content (AvgIpc) is 2.28. The zero-order chi connectivity index (χ0) is 13.3. The first-order chi connectivity index (χ1) is 8.50. The highest BCUT2D eigenvalue weighted by Crippen LogP contribution is 2.20. The fourth-order valence-corrected chi connectivity index (χ4v) is 1.58. The number of benzene rings is 1. The maximum atomic E-state index is 13.5. The van der Waals surface area contributed by atoms with Gasteiger partial charge in [-0.25, -0.2) is 18.7 Å². The van der Waals surface area contributed by atoms with Gasteiger partial charge >= 0.3 is 0 Å². The van der Waals surface area contributed by atoms with Crippen molar-refractivity contribution in [2.24, 2.45) is 0 Å². The van der Waals surface area contributed by atoms with Crippen molar-refractivity contribution in [1.82, 2.24) is 9.97 Å². The van der Waals surface area contributed by atoms with Crippen LogP contribution in [0.15, 0.2) is 24.4 Å². The van der Waals surface area contributed by atoms with Crippen LogP contribution in [-0.2, 0) is 0 Å². The molecule has 4 nitrogen and oxygen atoms in total. The van der Waals surface area contributed by atoms with Gasteiger partial charge in [-0.1, -0.05) is 6.07 Å². The van der Waals surface area contributed by atoms with E-state index >= 15 is 0 Å². The Bertz CT molecular complexity index is 610. The first kappa shape index (κ1) is 12.4. The van der Waals surface area contributed by atoms with Crippen molar-refractivity contribution >= 4 is 23.1 Å². The van der Waals surface area contributed by atoms with Gasteiger partial charge in [-0.2, -0.15) is 0 Å². The zero-order valence-electron chi connectivity index (χ0n) is 8.92. The Morgan fingerprint density at radius 3 is 2.44 bits per heavy atom. The molecular weight excluding hydrogens is 262 g/mol. The Labute approximate surface area is 106 Å². The molecule has 7 heteroatoms. The Morgan fingerprint density at radius 2 is 1.89 bits per heavy atom. The number of aromatic nitrogens is 2. The molecule has 1 heterocycles. The van der Waals surface area contributed by atoms with Crippen LogP contribution in [-0.4, -0.2) is 15.7 Å².